The quantitative estimate of drug-likeness (QED) is 0.334. The van der Waals surface area contributed by atoms with Crippen molar-refractivity contribution in [3.63, 3.8) is 0 Å². The van der Waals surface area contributed by atoms with Crippen molar-refractivity contribution in [1.29, 1.82) is 0 Å². The van der Waals surface area contributed by atoms with E-state index in [9.17, 15) is 20.3 Å². The first kappa shape index (κ1) is 11.6. The number of rotatable bonds is 2. The maximum Gasteiger partial charge on any atom is 0.314 e. The normalized spacial score (nSPS) is 20.1. The van der Waals surface area contributed by atoms with Crippen LogP contribution in [0, 0.1) is 10.1 Å². The molecule has 4 N–H and O–H groups in total. The van der Waals surface area contributed by atoms with Crippen LogP contribution >= 0.6 is 0 Å². The molecule has 1 atom stereocenters. The van der Waals surface area contributed by atoms with Crippen molar-refractivity contribution < 1.29 is 15.1 Å². The van der Waals surface area contributed by atoms with Gasteiger partial charge in [-0.2, -0.15) is 0 Å². The number of hydrogen-bond acceptors (Lipinski definition) is 6. The summed E-state index contributed by atoms with van der Waals surface area (Å²) in [4.78, 5) is 9.99. The highest BCUT2D eigenvalue weighted by atomic mass is 16.6. The van der Waals surface area contributed by atoms with Crippen molar-refractivity contribution >= 4 is 5.69 Å². The average Bonchev–Trinajstić information content (AvgIpc) is 2.33. The van der Waals surface area contributed by atoms with E-state index in [2.05, 4.69) is 10.6 Å². The summed E-state index contributed by atoms with van der Waals surface area (Å²) in [6.07, 6.45) is 0. The summed E-state index contributed by atoms with van der Waals surface area (Å²) in [7, 11) is 0. The van der Waals surface area contributed by atoms with E-state index < -0.39 is 22.1 Å². The van der Waals surface area contributed by atoms with Gasteiger partial charge in [-0.3, -0.25) is 10.1 Å². The van der Waals surface area contributed by atoms with E-state index in [1.165, 1.54) is 12.1 Å². The fourth-order valence-electron chi connectivity index (χ4n) is 1.85. The molecule has 0 aromatic heterocycles. The Balaban J connectivity index is 2.37. The number of nitrogens with one attached hydrogen (secondary N) is 2. The summed E-state index contributed by atoms with van der Waals surface area (Å²) >= 11 is 0. The zero-order chi connectivity index (χ0) is 12.4. The molecule has 1 fully saturated rings. The molecule has 1 aliphatic heterocycles. The van der Waals surface area contributed by atoms with Gasteiger partial charge in [0, 0.05) is 31.7 Å². The average molecular weight is 239 g/mol. The fraction of sp³-hybridized carbons (Fsp3) is 0.400. The van der Waals surface area contributed by atoms with Crippen molar-refractivity contribution in [2.75, 3.05) is 19.6 Å². The van der Waals surface area contributed by atoms with Crippen LogP contribution < -0.4 is 10.6 Å². The Morgan fingerprint density at radius 1 is 1.35 bits per heavy atom. The highest BCUT2D eigenvalue weighted by molar-refractivity contribution is 5.57. The van der Waals surface area contributed by atoms with Crippen molar-refractivity contribution in [2.45, 2.75) is 6.04 Å². The van der Waals surface area contributed by atoms with Gasteiger partial charge in [-0.1, -0.05) is 0 Å². The Morgan fingerprint density at radius 2 is 2.12 bits per heavy atom. The second-order valence-corrected chi connectivity index (χ2v) is 3.88. The Morgan fingerprint density at radius 3 is 2.71 bits per heavy atom. The number of nitro groups is 1. The van der Waals surface area contributed by atoms with Gasteiger partial charge in [0.05, 0.1) is 4.92 Å². The van der Waals surface area contributed by atoms with E-state index >= 15 is 0 Å². The molecule has 0 aliphatic carbocycles. The summed E-state index contributed by atoms with van der Waals surface area (Å²) in [5, 5.41) is 35.8. The third kappa shape index (κ3) is 2.29. The van der Waals surface area contributed by atoms with E-state index in [-0.39, 0.29) is 6.04 Å². The topological polar surface area (TPSA) is 108 Å². The van der Waals surface area contributed by atoms with Crippen LogP contribution in [-0.2, 0) is 0 Å². The second kappa shape index (κ2) is 4.56. The van der Waals surface area contributed by atoms with Crippen LogP contribution in [0.1, 0.15) is 11.6 Å². The number of nitro benzene ring substituents is 1. The molecular formula is C10H13N3O4. The number of phenols is 2. The fourth-order valence-corrected chi connectivity index (χ4v) is 1.85. The molecule has 7 heteroatoms. The molecular weight excluding hydrogens is 226 g/mol. The van der Waals surface area contributed by atoms with Gasteiger partial charge in [-0.05, 0) is 11.6 Å². The predicted octanol–water partition coefficient (Wildman–Crippen LogP) is 0.240. The molecule has 1 aromatic rings. The Labute approximate surface area is 97.2 Å². The zero-order valence-corrected chi connectivity index (χ0v) is 9.01. The van der Waals surface area contributed by atoms with Crippen molar-refractivity contribution in [3.8, 4) is 11.5 Å². The van der Waals surface area contributed by atoms with Crippen LogP contribution in [0.4, 0.5) is 5.69 Å². The Hall–Kier alpha value is -1.86. The van der Waals surface area contributed by atoms with Crippen LogP contribution in [0.2, 0.25) is 0 Å². The van der Waals surface area contributed by atoms with E-state index in [1.807, 2.05) is 0 Å². The third-order valence-electron chi connectivity index (χ3n) is 2.73. The first-order chi connectivity index (χ1) is 8.09. The molecule has 92 valence electrons. The number of benzene rings is 1. The number of phenolic OH excluding ortho intramolecular Hbond substituents is 2. The SMILES string of the molecule is O=[N+]([O-])c1cc([C@H]2CNCCN2)cc(O)c1O. The highest BCUT2D eigenvalue weighted by Gasteiger charge is 2.23. The van der Waals surface area contributed by atoms with Gasteiger partial charge in [0.2, 0.25) is 5.75 Å². The molecule has 0 bridgehead atoms. The van der Waals surface area contributed by atoms with Gasteiger partial charge < -0.3 is 20.8 Å². The van der Waals surface area contributed by atoms with E-state index in [0.29, 0.717) is 12.1 Å². The summed E-state index contributed by atoms with van der Waals surface area (Å²) in [5.41, 5.74) is 0.103. The molecule has 2 rings (SSSR count). The van der Waals surface area contributed by atoms with Crippen molar-refractivity contribution in [1.82, 2.24) is 10.6 Å². The lowest BCUT2D eigenvalue weighted by atomic mass is 10.0. The van der Waals surface area contributed by atoms with E-state index in [0.717, 1.165) is 13.1 Å². The minimum atomic E-state index is -0.713. The summed E-state index contributed by atoms with van der Waals surface area (Å²) < 4.78 is 0. The number of aromatic hydroxyl groups is 2. The maximum atomic E-state index is 10.7. The monoisotopic (exact) mass is 239 g/mol. The number of nitrogens with zero attached hydrogens (tertiary/aromatic N) is 1. The Bertz CT molecular complexity index is 443. The number of piperazine rings is 1. The summed E-state index contributed by atoms with van der Waals surface area (Å²) in [6.45, 7) is 2.21. The lowest BCUT2D eigenvalue weighted by molar-refractivity contribution is -0.386. The van der Waals surface area contributed by atoms with Crippen LogP contribution in [0.15, 0.2) is 12.1 Å². The summed E-state index contributed by atoms with van der Waals surface area (Å²) in [5.74, 6) is -1.16. The van der Waals surface area contributed by atoms with Crippen molar-refractivity contribution in [3.05, 3.63) is 27.8 Å². The first-order valence-electron chi connectivity index (χ1n) is 5.24. The lowest BCUT2D eigenvalue weighted by Gasteiger charge is -2.24. The smallest absolute Gasteiger partial charge is 0.314 e. The highest BCUT2D eigenvalue weighted by Crippen LogP contribution is 2.37. The molecule has 1 aromatic carbocycles. The third-order valence-corrected chi connectivity index (χ3v) is 2.73. The molecule has 1 heterocycles. The molecule has 7 nitrogen and oxygen atoms in total. The van der Waals surface area contributed by atoms with E-state index in [1.54, 1.807) is 0 Å². The van der Waals surface area contributed by atoms with Gasteiger partial charge in [0.15, 0.2) is 5.75 Å². The van der Waals surface area contributed by atoms with E-state index in [4.69, 9.17) is 0 Å². The standard InChI is InChI=1S/C10H13N3O4/c14-9-4-6(7-5-11-1-2-12-7)3-8(10(9)15)13(16)17/h3-4,7,11-12,14-15H,1-2,5H2/t7-/m1/s1. The molecule has 1 aliphatic rings. The first-order valence-corrected chi connectivity index (χ1v) is 5.24. The second-order valence-electron chi connectivity index (χ2n) is 3.88. The molecule has 17 heavy (non-hydrogen) atoms. The van der Waals surface area contributed by atoms with Gasteiger partial charge in [0.25, 0.3) is 0 Å². The minimum Gasteiger partial charge on any atom is -0.504 e. The van der Waals surface area contributed by atoms with Crippen LogP contribution in [0.3, 0.4) is 0 Å². The van der Waals surface area contributed by atoms with Crippen molar-refractivity contribution in [2.24, 2.45) is 0 Å². The lowest BCUT2D eigenvalue weighted by Crippen LogP contribution is -2.42. The molecule has 0 radical (unpaired) electrons. The Kier molecular flexibility index (Phi) is 3.12. The number of hydrogen-bond donors (Lipinski definition) is 4. The van der Waals surface area contributed by atoms with Gasteiger partial charge >= 0.3 is 5.69 Å². The van der Waals surface area contributed by atoms with Gasteiger partial charge in [-0.25, -0.2) is 0 Å². The maximum absolute atomic E-state index is 10.7. The van der Waals surface area contributed by atoms with Crippen LogP contribution in [0.5, 0.6) is 11.5 Å². The largest absolute Gasteiger partial charge is 0.504 e. The molecule has 0 spiro atoms. The molecule has 0 unspecified atom stereocenters. The van der Waals surface area contributed by atoms with Gasteiger partial charge in [0.1, 0.15) is 0 Å². The molecule has 1 saturated heterocycles. The van der Waals surface area contributed by atoms with Gasteiger partial charge in [-0.15, -0.1) is 0 Å². The summed E-state index contributed by atoms with van der Waals surface area (Å²) in [6, 6.07) is 2.51. The minimum absolute atomic E-state index is 0.103. The molecule has 0 saturated carbocycles. The van der Waals surface area contributed by atoms with Crippen LogP contribution in [-0.4, -0.2) is 34.8 Å². The predicted molar refractivity (Wildman–Crippen MR) is 60.0 cm³/mol. The molecule has 0 amide bonds. The van der Waals surface area contributed by atoms with Crippen LogP contribution in [0.25, 0.3) is 0 Å². The zero-order valence-electron chi connectivity index (χ0n) is 9.01.